The van der Waals surface area contributed by atoms with E-state index in [9.17, 15) is 13.6 Å². The maximum absolute atomic E-state index is 12.6. The highest BCUT2D eigenvalue weighted by molar-refractivity contribution is 7.99. The third-order valence-corrected chi connectivity index (χ3v) is 7.05. The van der Waals surface area contributed by atoms with E-state index in [4.69, 9.17) is 0 Å². The molecule has 0 aliphatic heterocycles. The molecule has 136 valence electrons. The maximum Gasteiger partial charge on any atom is 0.290 e. The number of carbonyl (C=O) groups is 1. The summed E-state index contributed by atoms with van der Waals surface area (Å²) in [4.78, 5) is 16.3. The number of hydrogen-bond donors (Lipinski definition) is 1. The molecule has 0 aromatic carbocycles. The second-order valence-corrected chi connectivity index (χ2v) is 9.14. The normalized spacial score (nSPS) is 33.0. The van der Waals surface area contributed by atoms with Gasteiger partial charge in [-0.15, -0.1) is 0 Å². The van der Waals surface area contributed by atoms with Crippen LogP contribution in [0.25, 0.3) is 0 Å². The summed E-state index contributed by atoms with van der Waals surface area (Å²) >= 11 is 0.329. The number of nitrogens with one attached hydrogen (secondary N) is 1. The summed E-state index contributed by atoms with van der Waals surface area (Å²) in [5, 5.41) is 3.05. The van der Waals surface area contributed by atoms with Crippen molar-refractivity contribution in [2.75, 3.05) is 6.54 Å². The van der Waals surface area contributed by atoms with Gasteiger partial charge in [-0.25, -0.2) is 4.98 Å². The van der Waals surface area contributed by atoms with Gasteiger partial charge in [-0.3, -0.25) is 4.79 Å². The number of amides is 1. The fourth-order valence-electron chi connectivity index (χ4n) is 5.87. The first-order chi connectivity index (χ1) is 12.0. The van der Waals surface area contributed by atoms with Gasteiger partial charge in [0.25, 0.3) is 11.7 Å². The van der Waals surface area contributed by atoms with Crippen molar-refractivity contribution in [1.29, 1.82) is 0 Å². The molecule has 4 saturated carbocycles. The Balaban J connectivity index is 1.35. The Hall–Kier alpha value is -1.17. The van der Waals surface area contributed by atoms with Crippen LogP contribution >= 0.6 is 11.8 Å². The van der Waals surface area contributed by atoms with Crippen LogP contribution in [0.4, 0.5) is 8.78 Å². The Bertz CT molecular complexity index is 617. The van der Waals surface area contributed by atoms with Crippen molar-refractivity contribution in [1.82, 2.24) is 10.3 Å². The summed E-state index contributed by atoms with van der Waals surface area (Å²) in [5.74, 6) is -0.174. The van der Waals surface area contributed by atoms with Crippen molar-refractivity contribution in [3.63, 3.8) is 0 Å². The number of carbonyl (C=O) groups excluding carboxylic acids is 1. The Morgan fingerprint density at radius 2 is 1.88 bits per heavy atom. The molecule has 0 spiro atoms. The van der Waals surface area contributed by atoms with Crippen LogP contribution in [-0.4, -0.2) is 23.2 Å². The lowest BCUT2D eigenvalue weighted by molar-refractivity contribution is -0.0564. The molecule has 1 N–H and O–H groups in total. The predicted octanol–water partition coefficient (Wildman–Crippen LogP) is 4.73. The fraction of sp³-hybridized carbons (Fsp3) is 0.684. The van der Waals surface area contributed by atoms with Crippen LogP contribution in [0.15, 0.2) is 23.4 Å². The molecule has 0 saturated heterocycles. The number of rotatable bonds is 6. The highest BCUT2D eigenvalue weighted by Gasteiger charge is 2.50. The fourth-order valence-corrected chi connectivity index (χ4v) is 6.45. The standard InChI is InChI=1S/C19H24F2N2OS/c20-18(21)25-17-15(2-1-4-23-17)16(24)22-5-3-19-9-12-6-13(10-19)8-14(7-12)11-19/h1-2,4,12-14,18H,3,5-11H2,(H,22,24). The summed E-state index contributed by atoms with van der Waals surface area (Å²) in [7, 11) is 0. The van der Waals surface area contributed by atoms with E-state index in [1.54, 1.807) is 12.1 Å². The van der Waals surface area contributed by atoms with Gasteiger partial charge in [0.1, 0.15) is 5.03 Å². The number of aromatic nitrogens is 1. The number of nitrogens with zero attached hydrogens (tertiary/aromatic N) is 1. The molecule has 25 heavy (non-hydrogen) atoms. The average Bonchev–Trinajstić information content (AvgIpc) is 2.53. The second-order valence-electron chi connectivity index (χ2n) is 8.16. The topological polar surface area (TPSA) is 42.0 Å². The molecule has 0 unspecified atom stereocenters. The van der Waals surface area contributed by atoms with Crippen molar-refractivity contribution in [2.24, 2.45) is 23.2 Å². The van der Waals surface area contributed by atoms with Gasteiger partial charge < -0.3 is 5.32 Å². The largest absolute Gasteiger partial charge is 0.352 e. The predicted molar refractivity (Wildman–Crippen MR) is 93.7 cm³/mol. The van der Waals surface area contributed by atoms with Gasteiger partial charge in [-0.2, -0.15) is 8.78 Å². The van der Waals surface area contributed by atoms with E-state index in [1.165, 1.54) is 44.7 Å². The van der Waals surface area contributed by atoms with Crippen LogP contribution in [0.2, 0.25) is 0 Å². The highest BCUT2D eigenvalue weighted by atomic mass is 32.2. The Labute approximate surface area is 151 Å². The van der Waals surface area contributed by atoms with Crippen LogP contribution < -0.4 is 5.32 Å². The van der Waals surface area contributed by atoms with Gasteiger partial charge in [0.2, 0.25) is 0 Å². The first-order valence-electron chi connectivity index (χ1n) is 9.21. The van der Waals surface area contributed by atoms with Crippen molar-refractivity contribution in [3.8, 4) is 0 Å². The van der Waals surface area contributed by atoms with Gasteiger partial charge in [0.15, 0.2) is 0 Å². The number of pyridine rings is 1. The van der Waals surface area contributed by atoms with Crippen LogP contribution in [0, 0.1) is 23.2 Å². The third-order valence-electron chi connectivity index (χ3n) is 6.32. The minimum Gasteiger partial charge on any atom is -0.352 e. The van der Waals surface area contributed by atoms with E-state index in [1.807, 2.05) is 0 Å². The molecule has 0 atom stereocenters. The van der Waals surface area contributed by atoms with Gasteiger partial charge in [0.05, 0.1) is 5.56 Å². The molecule has 4 aliphatic carbocycles. The second kappa shape index (κ2) is 6.86. The molecule has 3 nitrogen and oxygen atoms in total. The minimum absolute atomic E-state index is 0.102. The van der Waals surface area contributed by atoms with Gasteiger partial charge >= 0.3 is 0 Å². The Morgan fingerprint density at radius 1 is 1.24 bits per heavy atom. The zero-order valence-corrected chi connectivity index (χ0v) is 15.0. The first-order valence-corrected chi connectivity index (χ1v) is 10.1. The number of thioether (sulfide) groups is 1. The molecule has 5 rings (SSSR count). The minimum atomic E-state index is -2.58. The lowest BCUT2D eigenvalue weighted by Gasteiger charge is -2.57. The SMILES string of the molecule is O=C(NCCC12CC3CC(CC(C3)C1)C2)c1cccnc1SC(F)F. The molecule has 4 bridgehead atoms. The quantitative estimate of drug-likeness (QED) is 0.740. The zero-order valence-electron chi connectivity index (χ0n) is 14.2. The van der Waals surface area contributed by atoms with E-state index in [2.05, 4.69) is 10.3 Å². The van der Waals surface area contributed by atoms with Gasteiger partial charge in [0, 0.05) is 12.7 Å². The molecule has 0 radical (unpaired) electrons. The molecule has 4 fully saturated rings. The van der Waals surface area contributed by atoms with E-state index < -0.39 is 5.76 Å². The lowest BCUT2D eigenvalue weighted by Crippen LogP contribution is -2.47. The molecule has 1 heterocycles. The summed E-state index contributed by atoms with van der Waals surface area (Å²) in [6.07, 6.45) is 10.6. The highest BCUT2D eigenvalue weighted by Crippen LogP contribution is 2.61. The first kappa shape index (κ1) is 17.3. The molecular weight excluding hydrogens is 342 g/mol. The molecule has 6 heteroatoms. The summed E-state index contributed by atoms with van der Waals surface area (Å²) in [5.41, 5.74) is 0.663. The average molecular weight is 366 g/mol. The number of hydrogen-bond acceptors (Lipinski definition) is 3. The summed E-state index contributed by atoms with van der Waals surface area (Å²) in [6, 6.07) is 3.18. The number of halogens is 2. The van der Waals surface area contributed by atoms with Crippen molar-refractivity contribution < 1.29 is 13.6 Å². The smallest absolute Gasteiger partial charge is 0.290 e. The van der Waals surface area contributed by atoms with E-state index in [0.29, 0.717) is 23.7 Å². The molecule has 4 aliphatic rings. The molecule has 1 aromatic rings. The van der Waals surface area contributed by atoms with E-state index in [0.717, 1.165) is 24.2 Å². The molecule has 1 amide bonds. The Kier molecular flexibility index (Phi) is 4.73. The lowest BCUT2D eigenvalue weighted by atomic mass is 9.49. The van der Waals surface area contributed by atoms with Crippen LogP contribution in [0.5, 0.6) is 0 Å². The number of alkyl halides is 2. The third kappa shape index (κ3) is 3.69. The van der Waals surface area contributed by atoms with Crippen LogP contribution in [0.3, 0.4) is 0 Å². The Morgan fingerprint density at radius 3 is 2.48 bits per heavy atom. The summed E-state index contributed by atoms with van der Waals surface area (Å²) in [6.45, 7) is 0.624. The van der Waals surface area contributed by atoms with Crippen molar-refractivity contribution >= 4 is 17.7 Å². The molecule has 1 aromatic heterocycles. The van der Waals surface area contributed by atoms with Crippen molar-refractivity contribution in [2.45, 2.75) is 55.7 Å². The zero-order chi connectivity index (χ0) is 17.4. The van der Waals surface area contributed by atoms with Gasteiger partial charge in [-0.05, 0) is 92.0 Å². The van der Waals surface area contributed by atoms with Crippen LogP contribution in [-0.2, 0) is 0 Å². The van der Waals surface area contributed by atoms with E-state index >= 15 is 0 Å². The van der Waals surface area contributed by atoms with Gasteiger partial charge in [-0.1, -0.05) is 0 Å². The van der Waals surface area contributed by atoms with E-state index in [-0.39, 0.29) is 16.5 Å². The van der Waals surface area contributed by atoms with Crippen LogP contribution in [0.1, 0.15) is 55.3 Å². The summed E-state index contributed by atoms with van der Waals surface area (Å²) < 4.78 is 25.3. The monoisotopic (exact) mass is 366 g/mol. The maximum atomic E-state index is 12.6. The van der Waals surface area contributed by atoms with Crippen molar-refractivity contribution in [3.05, 3.63) is 23.9 Å². The molecular formula is C19H24F2N2OS.